The van der Waals surface area contributed by atoms with Gasteiger partial charge in [-0.05, 0) is 62.9 Å². The van der Waals surface area contributed by atoms with Gasteiger partial charge >= 0.3 is 0 Å². The average molecular weight is 288 g/mol. The molecule has 21 heavy (non-hydrogen) atoms. The predicted octanol–water partition coefficient (Wildman–Crippen LogP) is 3.26. The molecule has 2 aliphatic rings. The Balaban J connectivity index is 1.72. The molecule has 1 aromatic rings. The lowest BCUT2D eigenvalue weighted by molar-refractivity contribution is 0.0187. The maximum absolute atomic E-state index is 9.49. The van der Waals surface area contributed by atoms with Crippen molar-refractivity contribution >= 4 is 0 Å². The van der Waals surface area contributed by atoms with Gasteiger partial charge in [-0.15, -0.1) is 0 Å². The van der Waals surface area contributed by atoms with Crippen molar-refractivity contribution in [2.75, 3.05) is 26.7 Å². The van der Waals surface area contributed by atoms with Crippen LogP contribution in [0.1, 0.15) is 44.2 Å². The van der Waals surface area contributed by atoms with E-state index in [-0.39, 0.29) is 0 Å². The summed E-state index contributed by atoms with van der Waals surface area (Å²) in [4.78, 5) is 5.25. The Bertz CT molecular complexity index is 459. The highest BCUT2D eigenvalue weighted by Crippen LogP contribution is 2.35. The molecule has 0 saturated carbocycles. The number of nitrogens with zero attached hydrogens (tertiary/aromatic N) is 2. The Kier molecular flexibility index (Phi) is 4.51. The zero-order valence-corrected chi connectivity index (χ0v) is 13.3. The summed E-state index contributed by atoms with van der Waals surface area (Å²) in [5, 5.41) is 9.49. The molecule has 2 fully saturated rings. The fourth-order valence-electron chi connectivity index (χ4n) is 4.36. The highest BCUT2D eigenvalue weighted by Gasteiger charge is 2.36. The molecule has 0 aromatic heterocycles. The highest BCUT2D eigenvalue weighted by molar-refractivity contribution is 5.28. The van der Waals surface area contributed by atoms with Gasteiger partial charge in [-0.2, -0.15) is 0 Å². The molecule has 0 spiro atoms. The van der Waals surface area contributed by atoms with E-state index < -0.39 is 0 Å². The molecule has 0 radical (unpaired) electrons. The molecule has 1 N–H and O–H groups in total. The van der Waals surface area contributed by atoms with E-state index in [2.05, 4.69) is 35.9 Å². The minimum atomic E-state index is 0.362. The van der Waals surface area contributed by atoms with Crippen LogP contribution in [0.15, 0.2) is 24.3 Å². The van der Waals surface area contributed by atoms with E-state index in [1.54, 1.807) is 0 Å². The van der Waals surface area contributed by atoms with E-state index in [0.717, 1.165) is 18.4 Å². The number of fused-ring (bicyclic) bond motifs is 1. The fraction of sp³-hybridized carbons (Fsp3) is 0.667. The Morgan fingerprint density at radius 3 is 2.67 bits per heavy atom. The Morgan fingerprint density at radius 2 is 1.95 bits per heavy atom. The summed E-state index contributed by atoms with van der Waals surface area (Å²) in [7, 11) is 2.30. The number of hydrogen-bond donors (Lipinski definition) is 1. The first kappa shape index (κ1) is 14.9. The quantitative estimate of drug-likeness (QED) is 0.925. The van der Waals surface area contributed by atoms with Crippen molar-refractivity contribution in [2.24, 2.45) is 5.92 Å². The van der Waals surface area contributed by atoms with Crippen molar-refractivity contribution in [3.63, 3.8) is 0 Å². The first-order valence-electron chi connectivity index (χ1n) is 8.42. The smallest absolute Gasteiger partial charge is 0.115 e. The van der Waals surface area contributed by atoms with Crippen LogP contribution in [0.5, 0.6) is 5.75 Å². The molecule has 3 nitrogen and oxygen atoms in total. The molecule has 0 aliphatic carbocycles. The normalized spacial score (nSPS) is 29.0. The second-order valence-corrected chi connectivity index (χ2v) is 6.75. The van der Waals surface area contributed by atoms with Crippen LogP contribution in [0.4, 0.5) is 0 Å². The number of piperidine rings is 2. The Labute approximate surface area is 128 Å². The predicted molar refractivity (Wildman–Crippen MR) is 86.5 cm³/mol. The monoisotopic (exact) mass is 288 g/mol. The van der Waals surface area contributed by atoms with Crippen molar-refractivity contribution in [1.82, 2.24) is 9.80 Å². The van der Waals surface area contributed by atoms with Crippen molar-refractivity contribution in [3.8, 4) is 5.75 Å². The van der Waals surface area contributed by atoms with Crippen LogP contribution in [-0.4, -0.2) is 47.6 Å². The highest BCUT2D eigenvalue weighted by atomic mass is 16.3. The third-order valence-electron chi connectivity index (χ3n) is 5.48. The van der Waals surface area contributed by atoms with Crippen LogP contribution < -0.4 is 0 Å². The molecular formula is C18H28N2O. The molecule has 0 amide bonds. The van der Waals surface area contributed by atoms with Crippen molar-refractivity contribution in [1.29, 1.82) is 0 Å². The van der Waals surface area contributed by atoms with E-state index in [1.807, 2.05) is 12.1 Å². The molecular weight excluding hydrogens is 260 g/mol. The summed E-state index contributed by atoms with van der Waals surface area (Å²) in [6.07, 6.45) is 5.17. The van der Waals surface area contributed by atoms with Crippen molar-refractivity contribution in [2.45, 2.75) is 44.7 Å². The van der Waals surface area contributed by atoms with E-state index in [0.29, 0.717) is 11.8 Å². The number of hydrogen-bond acceptors (Lipinski definition) is 3. The fourth-order valence-corrected chi connectivity index (χ4v) is 4.36. The summed E-state index contributed by atoms with van der Waals surface area (Å²) < 4.78 is 0. The van der Waals surface area contributed by atoms with Crippen LogP contribution in [0.25, 0.3) is 0 Å². The largest absolute Gasteiger partial charge is 0.508 e. The van der Waals surface area contributed by atoms with Gasteiger partial charge in [0.2, 0.25) is 0 Å². The Morgan fingerprint density at radius 1 is 1.19 bits per heavy atom. The third-order valence-corrected chi connectivity index (χ3v) is 5.48. The van der Waals surface area contributed by atoms with Crippen LogP contribution in [0, 0.1) is 5.92 Å². The van der Waals surface area contributed by atoms with E-state index in [1.165, 1.54) is 44.5 Å². The standard InChI is InChI=1S/C18H28N2O/c1-3-17(14-6-8-16(21)9-7-14)20-12-10-18-15(13-20)5-4-11-19(18)2/h6-9,15,17-18,21H,3-5,10-13H2,1-2H3. The molecule has 2 saturated heterocycles. The second kappa shape index (κ2) is 6.37. The minimum Gasteiger partial charge on any atom is -0.508 e. The molecule has 0 bridgehead atoms. The number of likely N-dealkylation sites (tertiary alicyclic amines) is 2. The number of rotatable bonds is 3. The molecule has 3 atom stereocenters. The van der Waals surface area contributed by atoms with E-state index in [9.17, 15) is 5.11 Å². The average Bonchev–Trinajstić information content (AvgIpc) is 2.50. The van der Waals surface area contributed by atoms with Crippen molar-refractivity contribution < 1.29 is 5.11 Å². The first-order valence-corrected chi connectivity index (χ1v) is 8.42. The summed E-state index contributed by atoms with van der Waals surface area (Å²) in [5.74, 6) is 1.20. The van der Waals surface area contributed by atoms with Crippen LogP contribution in [0.3, 0.4) is 0 Å². The molecule has 3 heteroatoms. The maximum atomic E-state index is 9.49. The number of phenolic OH excluding ortho intramolecular Hbond substituents is 1. The lowest BCUT2D eigenvalue weighted by Crippen LogP contribution is -2.53. The van der Waals surface area contributed by atoms with Gasteiger partial charge in [0.05, 0.1) is 0 Å². The molecule has 116 valence electrons. The van der Waals surface area contributed by atoms with Gasteiger partial charge in [0.25, 0.3) is 0 Å². The lowest BCUT2D eigenvalue weighted by atomic mass is 9.83. The van der Waals surface area contributed by atoms with Gasteiger partial charge in [-0.3, -0.25) is 4.90 Å². The van der Waals surface area contributed by atoms with Gasteiger partial charge in [0.1, 0.15) is 5.75 Å². The topological polar surface area (TPSA) is 26.7 Å². The van der Waals surface area contributed by atoms with Crippen LogP contribution in [0.2, 0.25) is 0 Å². The second-order valence-electron chi connectivity index (χ2n) is 6.75. The van der Waals surface area contributed by atoms with Gasteiger partial charge in [-0.25, -0.2) is 0 Å². The van der Waals surface area contributed by atoms with Gasteiger partial charge in [0.15, 0.2) is 0 Å². The van der Waals surface area contributed by atoms with Gasteiger partial charge < -0.3 is 10.0 Å². The third kappa shape index (κ3) is 3.09. The zero-order chi connectivity index (χ0) is 14.8. The number of benzene rings is 1. The lowest BCUT2D eigenvalue weighted by Gasteiger charge is -2.48. The molecule has 2 aliphatic heterocycles. The summed E-state index contributed by atoms with van der Waals surface area (Å²) in [6.45, 7) is 5.98. The summed E-state index contributed by atoms with van der Waals surface area (Å²) in [5.41, 5.74) is 1.35. The number of phenols is 1. The first-order chi connectivity index (χ1) is 10.2. The summed E-state index contributed by atoms with van der Waals surface area (Å²) >= 11 is 0. The zero-order valence-electron chi connectivity index (χ0n) is 13.3. The van der Waals surface area contributed by atoms with Gasteiger partial charge in [0, 0.05) is 25.2 Å². The molecule has 3 unspecified atom stereocenters. The van der Waals surface area contributed by atoms with E-state index >= 15 is 0 Å². The Hall–Kier alpha value is -1.06. The minimum absolute atomic E-state index is 0.362. The number of aromatic hydroxyl groups is 1. The van der Waals surface area contributed by atoms with Gasteiger partial charge in [-0.1, -0.05) is 19.1 Å². The molecule has 3 rings (SSSR count). The van der Waals surface area contributed by atoms with Crippen LogP contribution >= 0.6 is 0 Å². The maximum Gasteiger partial charge on any atom is 0.115 e. The summed E-state index contributed by atoms with van der Waals surface area (Å²) in [6, 6.07) is 9.11. The van der Waals surface area contributed by atoms with Crippen molar-refractivity contribution in [3.05, 3.63) is 29.8 Å². The van der Waals surface area contributed by atoms with Crippen LogP contribution in [-0.2, 0) is 0 Å². The van der Waals surface area contributed by atoms with E-state index in [4.69, 9.17) is 0 Å². The molecule has 1 aromatic carbocycles. The molecule has 2 heterocycles. The SMILES string of the molecule is CCC(c1ccc(O)cc1)N1CCC2C(CCCN2C)C1.